The van der Waals surface area contributed by atoms with Crippen LogP contribution in [0.15, 0.2) is 73.1 Å². The predicted molar refractivity (Wildman–Crippen MR) is 125 cm³/mol. The molecule has 0 amide bonds. The zero-order valence-electron chi connectivity index (χ0n) is 18.1. The summed E-state index contributed by atoms with van der Waals surface area (Å²) in [5.74, 6) is 1.43. The van der Waals surface area contributed by atoms with Gasteiger partial charge in [0.1, 0.15) is 11.4 Å². The monoisotopic (exact) mass is 411 g/mol. The average molecular weight is 412 g/mol. The van der Waals surface area contributed by atoms with Crippen LogP contribution in [0, 0.1) is 0 Å². The van der Waals surface area contributed by atoms with Crippen LogP contribution in [-0.4, -0.2) is 24.7 Å². The Balaban J connectivity index is 1.58. The lowest BCUT2D eigenvalue weighted by Crippen LogP contribution is -2.02. The molecule has 158 valence electrons. The van der Waals surface area contributed by atoms with E-state index >= 15 is 0 Å². The van der Waals surface area contributed by atoms with E-state index in [1.165, 1.54) is 44.1 Å². The van der Waals surface area contributed by atoms with E-state index in [1.54, 1.807) is 12.4 Å². The second-order valence-corrected chi connectivity index (χ2v) is 7.80. The summed E-state index contributed by atoms with van der Waals surface area (Å²) in [6.45, 7) is 2.26. The standard InChI is InChI=1S/C26H29N5/c1-2-3-4-5-6-7-12-21-15-17-22(18-16-21)31-25(23-13-8-10-19-27-23)29-30-26(31)24-14-9-11-20-28-24/h8-11,13-20H,2-7,12H2,1H3. The van der Waals surface area contributed by atoms with Gasteiger partial charge in [0.25, 0.3) is 0 Å². The molecule has 0 N–H and O–H groups in total. The normalized spacial score (nSPS) is 11.0. The highest BCUT2D eigenvalue weighted by molar-refractivity contribution is 5.62. The van der Waals surface area contributed by atoms with Gasteiger partial charge in [-0.05, 0) is 54.8 Å². The van der Waals surface area contributed by atoms with E-state index in [0.717, 1.165) is 23.5 Å². The molecule has 4 aromatic rings. The van der Waals surface area contributed by atoms with Crippen molar-refractivity contribution in [2.75, 3.05) is 0 Å². The minimum absolute atomic E-state index is 0.713. The fourth-order valence-corrected chi connectivity index (χ4v) is 3.77. The van der Waals surface area contributed by atoms with Crippen LogP contribution < -0.4 is 0 Å². The molecule has 3 aromatic heterocycles. The first-order valence-electron chi connectivity index (χ1n) is 11.2. The van der Waals surface area contributed by atoms with Crippen LogP contribution in [0.3, 0.4) is 0 Å². The van der Waals surface area contributed by atoms with Gasteiger partial charge in [0.15, 0.2) is 11.6 Å². The Morgan fingerprint density at radius 1 is 0.645 bits per heavy atom. The molecule has 4 rings (SSSR count). The molecule has 0 aliphatic rings. The van der Waals surface area contributed by atoms with E-state index in [-0.39, 0.29) is 0 Å². The summed E-state index contributed by atoms with van der Waals surface area (Å²) in [6.07, 6.45) is 12.6. The first kappa shape index (κ1) is 20.9. The van der Waals surface area contributed by atoms with Crippen molar-refractivity contribution in [3.63, 3.8) is 0 Å². The van der Waals surface area contributed by atoms with Gasteiger partial charge in [0.05, 0.1) is 0 Å². The SMILES string of the molecule is CCCCCCCCc1ccc(-n2c(-c3ccccn3)nnc2-c2ccccn2)cc1. The molecule has 0 saturated heterocycles. The fourth-order valence-electron chi connectivity index (χ4n) is 3.77. The molecule has 0 unspecified atom stereocenters. The fraction of sp³-hybridized carbons (Fsp3) is 0.308. The molecule has 0 saturated carbocycles. The Hall–Kier alpha value is -3.34. The predicted octanol–water partition coefficient (Wildman–Crippen LogP) is 6.29. The van der Waals surface area contributed by atoms with Crippen LogP contribution in [0.2, 0.25) is 0 Å². The Morgan fingerprint density at radius 2 is 1.23 bits per heavy atom. The van der Waals surface area contributed by atoms with E-state index in [2.05, 4.69) is 51.4 Å². The molecule has 0 atom stereocenters. The van der Waals surface area contributed by atoms with Gasteiger partial charge in [0.2, 0.25) is 0 Å². The second-order valence-electron chi connectivity index (χ2n) is 7.80. The molecule has 1 aromatic carbocycles. The van der Waals surface area contributed by atoms with Gasteiger partial charge < -0.3 is 0 Å². The molecule has 0 aliphatic carbocycles. The van der Waals surface area contributed by atoms with Crippen LogP contribution in [0.4, 0.5) is 0 Å². The van der Waals surface area contributed by atoms with Crippen molar-refractivity contribution < 1.29 is 0 Å². The number of unbranched alkanes of at least 4 members (excludes halogenated alkanes) is 5. The number of hydrogen-bond acceptors (Lipinski definition) is 4. The number of pyridine rings is 2. The maximum atomic E-state index is 4.49. The highest BCUT2D eigenvalue weighted by atomic mass is 15.3. The Bertz CT molecular complexity index is 999. The second kappa shape index (κ2) is 10.6. The van der Waals surface area contributed by atoms with Crippen LogP contribution >= 0.6 is 0 Å². The maximum absolute atomic E-state index is 4.49. The molecule has 0 fully saturated rings. The summed E-state index contributed by atoms with van der Waals surface area (Å²) in [4.78, 5) is 8.97. The highest BCUT2D eigenvalue weighted by Gasteiger charge is 2.18. The molecular formula is C26H29N5. The lowest BCUT2D eigenvalue weighted by Gasteiger charge is -2.11. The molecule has 0 spiro atoms. The van der Waals surface area contributed by atoms with Crippen LogP contribution in [0.25, 0.3) is 28.7 Å². The number of benzene rings is 1. The summed E-state index contributed by atoms with van der Waals surface area (Å²) >= 11 is 0. The van der Waals surface area contributed by atoms with Crippen molar-refractivity contribution >= 4 is 0 Å². The number of aryl methyl sites for hydroxylation is 1. The first-order chi connectivity index (χ1) is 15.4. The minimum Gasteiger partial charge on any atom is -0.272 e. The largest absolute Gasteiger partial charge is 0.272 e. The molecule has 5 nitrogen and oxygen atoms in total. The summed E-state index contributed by atoms with van der Waals surface area (Å²) in [5.41, 5.74) is 3.95. The van der Waals surface area contributed by atoms with Crippen molar-refractivity contribution in [1.82, 2.24) is 24.7 Å². The molecule has 0 radical (unpaired) electrons. The summed E-state index contributed by atoms with van der Waals surface area (Å²) in [7, 11) is 0. The number of aromatic nitrogens is 5. The third-order valence-electron chi connectivity index (χ3n) is 5.46. The maximum Gasteiger partial charge on any atom is 0.187 e. The van der Waals surface area contributed by atoms with E-state index in [4.69, 9.17) is 0 Å². The summed E-state index contributed by atoms with van der Waals surface area (Å²) in [6, 6.07) is 20.4. The Morgan fingerprint density at radius 3 is 1.77 bits per heavy atom. The van der Waals surface area contributed by atoms with Crippen LogP contribution in [0.5, 0.6) is 0 Å². The van der Waals surface area contributed by atoms with Gasteiger partial charge in [-0.25, -0.2) is 0 Å². The van der Waals surface area contributed by atoms with Gasteiger partial charge in [-0.1, -0.05) is 63.3 Å². The zero-order valence-corrected chi connectivity index (χ0v) is 18.1. The van der Waals surface area contributed by atoms with Gasteiger partial charge in [-0.15, -0.1) is 10.2 Å². The van der Waals surface area contributed by atoms with Gasteiger partial charge in [0, 0.05) is 18.1 Å². The highest BCUT2D eigenvalue weighted by Crippen LogP contribution is 2.26. The quantitative estimate of drug-likeness (QED) is 0.288. The first-order valence-corrected chi connectivity index (χ1v) is 11.2. The lowest BCUT2D eigenvalue weighted by atomic mass is 10.0. The van der Waals surface area contributed by atoms with Gasteiger partial charge in [-0.2, -0.15) is 0 Å². The van der Waals surface area contributed by atoms with E-state index in [0.29, 0.717) is 11.6 Å². The zero-order chi connectivity index (χ0) is 21.3. The third kappa shape index (κ3) is 5.23. The van der Waals surface area contributed by atoms with Crippen LogP contribution in [-0.2, 0) is 6.42 Å². The average Bonchev–Trinajstić information content (AvgIpc) is 3.28. The van der Waals surface area contributed by atoms with E-state index < -0.39 is 0 Å². The molecule has 0 bridgehead atoms. The van der Waals surface area contributed by atoms with Crippen molar-refractivity contribution in [1.29, 1.82) is 0 Å². The number of nitrogens with zero attached hydrogens (tertiary/aromatic N) is 5. The van der Waals surface area contributed by atoms with Crippen LogP contribution in [0.1, 0.15) is 51.0 Å². The lowest BCUT2D eigenvalue weighted by molar-refractivity contribution is 0.607. The van der Waals surface area contributed by atoms with Crippen molar-refractivity contribution in [3.05, 3.63) is 78.6 Å². The van der Waals surface area contributed by atoms with Crippen molar-refractivity contribution in [2.45, 2.75) is 51.9 Å². The molecule has 5 heteroatoms. The summed E-state index contributed by atoms with van der Waals surface area (Å²) in [5, 5.41) is 8.91. The Kier molecular flexibility index (Phi) is 7.16. The molecular weight excluding hydrogens is 382 g/mol. The smallest absolute Gasteiger partial charge is 0.187 e. The molecule has 0 aliphatic heterocycles. The number of hydrogen-bond donors (Lipinski definition) is 0. The van der Waals surface area contributed by atoms with Gasteiger partial charge in [-0.3, -0.25) is 14.5 Å². The van der Waals surface area contributed by atoms with Gasteiger partial charge >= 0.3 is 0 Å². The number of rotatable bonds is 10. The van der Waals surface area contributed by atoms with Crippen molar-refractivity contribution in [2.24, 2.45) is 0 Å². The van der Waals surface area contributed by atoms with E-state index in [1.807, 2.05) is 41.0 Å². The topological polar surface area (TPSA) is 56.5 Å². The summed E-state index contributed by atoms with van der Waals surface area (Å²) < 4.78 is 2.04. The molecule has 3 heterocycles. The molecule has 31 heavy (non-hydrogen) atoms. The van der Waals surface area contributed by atoms with E-state index in [9.17, 15) is 0 Å². The minimum atomic E-state index is 0.713. The van der Waals surface area contributed by atoms with Crippen molar-refractivity contribution in [3.8, 4) is 28.7 Å². The Labute approximate surface area is 184 Å². The third-order valence-corrected chi connectivity index (χ3v) is 5.46.